The third kappa shape index (κ3) is 5.20. The van der Waals surface area contributed by atoms with Crippen LogP contribution in [-0.4, -0.2) is 69.7 Å². The lowest BCUT2D eigenvalue weighted by atomic mass is 10.1. The van der Waals surface area contributed by atoms with Gasteiger partial charge in [-0.05, 0) is 31.5 Å². The second kappa shape index (κ2) is 11.0. The fourth-order valence-corrected chi connectivity index (χ4v) is 4.90. The number of nitrogens with zero attached hydrogens (tertiary/aromatic N) is 7. The Bertz CT molecular complexity index is 1500. The second-order valence-electron chi connectivity index (χ2n) is 8.40. The Hall–Kier alpha value is -4.33. The van der Waals surface area contributed by atoms with Gasteiger partial charge in [0.05, 0.1) is 39.0 Å². The number of ether oxygens (including phenoxy) is 3. The molecule has 0 fully saturated rings. The summed E-state index contributed by atoms with van der Waals surface area (Å²) in [6.07, 6.45) is 6.20. The Morgan fingerprint density at radius 1 is 0.921 bits per heavy atom. The quantitative estimate of drug-likeness (QED) is 0.315. The van der Waals surface area contributed by atoms with Crippen LogP contribution in [0, 0.1) is 6.92 Å². The first-order valence-electron chi connectivity index (χ1n) is 11.5. The standard InChI is InChI=1S/C24H28N8O5S/c1-14-10-26-22(27-11-14)15(2)16(3)38(33,34)31-24-30-29-23(17-12-25-13-20(28-17)37-6)32(24)21-18(35-4)8-7-9-19(21)36-5/h7-13,15-16H,1-6H3,(H,30,31). The fraction of sp³-hybridized carbons (Fsp3) is 0.333. The maximum absolute atomic E-state index is 13.6. The van der Waals surface area contributed by atoms with E-state index in [1.54, 1.807) is 44.4 Å². The van der Waals surface area contributed by atoms with E-state index in [2.05, 4.69) is 34.9 Å². The minimum atomic E-state index is -4.02. The highest BCUT2D eigenvalue weighted by atomic mass is 32.2. The first-order valence-corrected chi connectivity index (χ1v) is 13.1. The van der Waals surface area contributed by atoms with Crippen molar-refractivity contribution < 1.29 is 22.6 Å². The Kier molecular flexibility index (Phi) is 7.71. The molecule has 0 aliphatic heterocycles. The van der Waals surface area contributed by atoms with Crippen molar-refractivity contribution in [3.05, 3.63) is 54.4 Å². The van der Waals surface area contributed by atoms with Crippen molar-refractivity contribution >= 4 is 16.0 Å². The molecule has 200 valence electrons. The molecule has 0 radical (unpaired) electrons. The highest BCUT2D eigenvalue weighted by Gasteiger charge is 2.32. The lowest BCUT2D eigenvalue weighted by Crippen LogP contribution is -2.31. The first-order chi connectivity index (χ1) is 18.2. The van der Waals surface area contributed by atoms with Crippen LogP contribution in [0.1, 0.15) is 31.2 Å². The molecule has 3 heterocycles. The van der Waals surface area contributed by atoms with E-state index in [0.29, 0.717) is 23.0 Å². The second-order valence-corrected chi connectivity index (χ2v) is 10.4. The summed E-state index contributed by atoms with van der Waals surface area (Å²) < 4.78 is 47.5. The van der Waals surface area contributed by atoms with Gasteiger partial charge in [-0.1, -0.05) is 13.0 Å². The predicted octanol–water partition coefficient (Wildman–Crippen LogP) is 2.78. The van der Waals surface area contributed by atoms with Crippen molar-refractivity contribution in [3.63, 3.8) is 0 Å². The predicted molar refractivity (Wildman–Crippen MR) is 139 cm³/mol. The molecule has 0 amide bonds. The Balaban J connectivity index is 1.84. The van der Waals surface area contributed by atoms with Crippen LogP contribution in [0.4, 0.5) is 5.95 Å². The first kappa shape index (κ1) is 26.7. The van der Waals surface area contributed by atoms with Crippen molar-refractivity contribution in [2.24, 2.45) is 0 Å². The normalized spacial score (nSPS) is 13.0. The molecule has 0 saturated heterocycles. The highest BCUT2D eigenvalue weighted by molar-refractivity contribution is 7.93. The number of benzene rings is 1. The Morgan fingerprint density at radius 2 is 1.58 bits per heavy atom. The molecule has 0 saturated carbocycles. The summed E-state index contributed by atoms with van der Waals surface area (Å²) in [5.74, 6) is 0.984. The molecule has 0 bridgehead atoms. The van der Waals surface area contributed by atoms with Gasteiger partial charge in [0.2, 0.25) is 21.9 Å². The fourth-order valence-electron chi connectivity index (χ4n) is 3.67. The van der Waals surface area contributed by atoms with Gasteiger partial charge in [-0.15, -0.1) is 10.2 Å². The van der Waals surface area contributed by atoms with Crippen LogP contribution < -0.4 is 18.9 Å². The van der Waals surface area contributed by atoms with Crippen LogP contribution in [0.2, 0.25) is 0 Å². The molecule has 4 aromatic rings. The topological polar surface area (TPSA) is 156 Å². The molecular weight excluding hydrogens is 512 g/mol. The minimum Gasteiger partial charge on any atom is -0.494 e. The number of hydrogen-bond acceptors (Lipinski definition) is 11. The van der Waals surface area contributed by atoms with E-state index < -0.39 is 21.2 Å². The zero-order valence-electron chi connectivity index (χ0n) is 21.8. The monoisotopic (exact) mass is 540 g/mol. The summed E-state index contributed by atoms with van der Waals surface area (Å²) in [7, 11) is 0.420. The molecule has 0 aliphatic rings. The largest absolute Gasteiger partial charge is 0.494 e. The highest BCUT2D eigenvalue weighted by Crippen LogP contribution is 2.37. The number of hydrogen-bond donors (Lipinski definition) is 1. The molecule has 38 heavy (non-hydrogen) atoms. The molecule has 13 nitrogen and oxygen atoms in total. The maximum atomic E-state index is 13.6. The summed E-state index contributed by atoms with van der Waals surface area (Å²) in [6.45, 7) is 5.19. The molecule has 0 spiro atoms. The average molecular weight is 541 g/mol. The van der Waals surface area contributed by atoms with Crippen LogP contribution >= 0.6 is 0 Å². The summed E-state index contributed by atoms with van der Waals surface area (Å²) in [6, 6.07) is 5.15. The molecule has 0 aliphatic carbocycles. The molecular formula is C24H28N8O5S. The van der Waals surface area contributed by atoms with Crippen molar-refractivity contribution in [1.29, 1.82) is 0 Å². The van der Waals surface area contributed by atoms with Gasteiger partial charge in [-0.3, -0.25) is 14.3 Å². The van der Waals surface area contributed by atoms with E-state index in [0.717, 1.165) is 5.56 Å². The van der Waals surface area contributed by atoms with Crippen LogP contribution in [0.15, 0.2) is 43.0 Å². The number of para-hydroxylation sites is 1. The lowest BCUT2D eigenvalue weighted by molar-refractivity contribution is 0.391. The number of rotatable bonds is 10. The summed E-state index contributed by atoms with van der Waals surface area (Å²) in [5, 5.41) is 7.47. The van der Waals surface area contributed by atoms with Crippen LogP contribution in [-0.2, 0) is 10.0 Å². The molecule has 2 atom stereocenters. The van der Waals surface area contributed by atoms with Gasteiger partial charge in [-0.25, -0.2) is 23.4 Å². The zero-order valence-corrected chi connectivity index (χ0v) is 22.6. The maximum Gasteiger partial charge on any atom is 0.243 e. The molecule has 4 rings (SSSR count). The van der Waals surface area contributed by atoms with Crippen molar-refractivity contribution in [3.8, 4) is 34.6 Å². The Labute approximate surface area is 220 Å². The van der Waals surface area contributed by atoms with Gasteiger partial charge in [0.1, 0.15) is 28.7 Å². The van der Waals surface area contributed by atoms with Crippen molar-refractivity contribution in [2.45, 2.75) is 31.9 Å². The number of methoxy groups -OCH3 is 3. The van der Waals surface area contributed by atoms with E-state index in [-0.39, 0.29) is 23.3 Å². The number of nitrogens with one attached hydrogen (secondary N) is 1. The number of anilines is 1. The van der Waals surface area contributed by atoms with E-state index in [1.807, 2.05) is 6.92 Å². The molecule has 14 heteroatoms. The van der Waals surface area contributed by atoms with E-state index >= 15 is 0 Å². The Morgan fingerprint density at radius 3 is 2.18 bits per heavy atom. The van der Waals surface area contributed by atoms with Crippen LogP contribution in [0.3, 0.4) is 0 Å². The van der Waals surface area contributed by atoms with Crippen molar-refractivity contribution in [2.75, 3.05) is 26.1 Å². The van der Waals surface area contributed by atoms with Gasteiger partial charge >= 0.3 is 0 Å². The SMILES string of the molecule is COc1cncc(-c2nnc(NS(=O)(=O)C(C)C(C)c3ncc(C)cn3)n2-c2c(OC)cccc2OC)n1. The lowest BCUT2D eigenvalue weighted by Gasteiger charge is -2.21. The smallest absolute Gasteiger partial charge is 0.243 e. The molecule has 2 unspecified atom stereocenters. The molecule has 1 aromatic carbocycles. The van der Waals surface area contributed by atoms with Gasteiger partial charge < -0.3 is 14.2 Å². The third-order valence-electron chi connectivity index (χ3n) is 5.97. The number of aromatic nitrogens is 7. The van der Waals surface area contributed by atoms with Crippen molar-refractivity contribution in [1.82, 2.24) is 34.7 Å². The minimum absolute atomic E-state index is 0.101. The molecule has 3 aromatic heterocycles. The van der Waals surface area contributed by atoms with E-state index in [1.165, 1.54) is 38.3 Å². The van der Waals surface area contributed by atoms with Gasteiger partial charge in [0, 0.05) is 18.3 Å². The van der Waals surface area contributed by atoms with Gasteiger partial charge in [0.25, 0.3) is 0 Å². The van der Waals surface area contributed by atoms with E-state index in [9.17, 15) is 8.42 Å². The average Bonchev–Trinajstić information content (AvgIpc) is 3.34. The summed E-state index contributed by atoms with van der Waals surface area (Å²) in [5.41, 5.74) is 1.52. The number of sulfonamides is 1. The summed E-state index contributed by atoms with van der Waals surface area (Å²) >= 11 is 0. The van der Waals surface area contributed by atoms with Crippen LogP contribution in [0.25, 0.3) is 17.2 Å². The van der Waals surface area contributed by atoms with E-state index in [4.69, 9.17) is 14.2 Å². The zero-order chi connectivity index (χ0) is 27.4. The third-order valence-corrected chi connectivity index (χ3v) is 7.83. The van der Waals surface area contributed by atoms with Crippen LogP contribution in [0.5, 0.6) is 17.4 Å². The van der Waals surface area contributed by atoms with Gasteiger partial charge in [0.15, 0.2) is 5.82 Å². The molecule has 1 N–H and O–H groups in total. The summed E-state index contributed by atoms with van der Waals surface area (Å²) in [4.78, 5) is 17.1. The number of aryl methyl sites for hydroxylation is 1. The van der Waals surface area contributed by atoms with Gasteiger partial charge in [-0.2, -0.15) is 0 Å².